The first-order chi connectivity index (χ1) is 15.0. The third-order valence-electron chi connectivity index (χ3n) is 5.49. The van der Waals surface area contributed by atoms with Crippen LogP contribution in [0, 0.1) is 3.57 Å². The molecule has 1 aliphatic heterocycles. The Kier molecular flexibility index (Phi) is 6.28. The molecule has 0 aliphatic carbocycles. The highest BCUT2D eigenvalue weighted by Crippen LogP contribution is 2.34. The Bertz CT molecular complexity index is 1160. The Hall–Kier alpha value is -2.07. The summed E-state index contributed by atoms with van der Waals surface area (Å²) < 4.78 is 8.71. The molecule has 1 unspecified atom stereocenters. The van der Waals surface area contributed by atoms with E-state index in [4.69, 9.17) is 16.3 Å². The summed E-state index contributed by atoms with van der Waals surface area (Å²) in [6.45, 7) is 11.0. The summed E-state index contributed by atoms with van der Waals surface area (Å²) in [7, 11) is 0. The second-order valence-corrected chi connectivity index (χ2v) is 10.8. The molecule has 3 heterocycles. The lowest BCUT2D eigenvalue weighted by Crippen LogP contribution is -2.59. The smallest absolute Gasteiger partial charge is 0.410 e. The van der Waals surface area contributed by atoms with Crippen LogP contribution in [0.25, 0.3) is 16.7 Å². The lowest BCUT2D eigenvalue weighted by Gasteiger charge is -2.44. The molecule has 7 nitrogen and oxygen atoms in total. The normalized spacial score (nSPS) is 19.5. The van der Waals surface area contributed by atoms with Gasteiger partial charge in [-0.25, -0.2) is 14.8 Å². The lowest BCUT2D eigenvalue weighted by atomic mass is 10.1. The molecule has 32 heavy (non-hydrogen) atoms. The first kappa shape index (κ1) is 23.1. The predicted octanol–water partition coefficient (Wildman–Crippen LogP) is 5.51. The number of hydrogen-bond acceptors (Lipinski definition) is 5. The molecule has 2 atom stereocenters. The number of benzene rings is 1. The van der Waals surface area contributed by atoms with E-state index in [1.54, 1.807) is 6.33 Å². The number of piperazine rings is 1. The van der Waals surface area contributed by atoms with Gasteiger partial charge in [0.25, 0.3) is 0 Å². The van der Waals surface area contributed by atoms with Crippen LogP contribution in [-0.4, -0.2) is 56.3 Å². The maximum absolute atomic E-state index is 12.7. The number of amides is 1. The van der Waals surface area contributed by atoms with Crippen molar-refractivity contribution in [2.45, 2.75) is 52.3 Å². The first-order valence-electron chi connectivity index (χ1n) is 10.6. The van der Waals surface area contributed by atoms with Crippen LogP contribution in [0.5, 0.6) is 0 Å². The quantitative estimate of drug-likeness (QED) is 0.382. The van der Waals surface area contributed by atoms with Gasteiger partial charge in [0.2, 0.25) is 0 Å². The zero-order valence-corrected chi connectivity index (χ0v) is 21.8. The molecule has 2 aromatic heterocycles. The topological polar surface area (TPSA) is 63.5 Å². The summed E-state index contributed by atoms with van der Waals surface area (Å²) >= 11 is 8.55. The van der Waals surface area contributed by atoms with Crippen molar-refractivity contribution in [2.24, 2.45) is 0 Å². The van der Waals surface area contributed by atoms with E-state index in [-0.39, 0.29) is 18.2 Å². The summed E-state index contributed by atoms with van der Waals surface area (Å²) in [6.07, 6.45) is 3.39. The number of nitrogens with zero attached hydrogens (tertiary/aromatic N) is 5. The molecule has 3 aromatic rings. The van der Waals surface area contributed by atoms with Gasteiger partial charge in [-0.15, -0.1) is 0 Å². The summed E-state index contributed by atoms with van der Waals surface area (Å²) in [5.74, 6) is 0.878. The maximum atomic E-state index is 12.7. The van der Waals surface area contributed by atoms with Gasteiger partial charge in [0, 0.05) is 45.7 Å². The second-order valence-electron chi connectivity index (χ2n) is 9.21. The zero-order chi connectivity index (χ0) is 23.2. The van der Waals surface area contributed by atoms with Gasteiger partial charge in [0.05, 0.1) is 5.39 Å². The van der Waals surface area contributed by atoms with E-state index in [0.717, 1.165) is 26.1 Å². The third-order valence-corrected chi connectivity index (χ3v) is 6.54. The standard InChI is InChI=1S/C23H27ClIN5O2/c1-14-11-29(22(31)32-23(3,4)5)15(2)10-28(14)20-19-18(25)12-30(21(19)27-13-26-20)17-8-6-7-16(24)9-17/h6-9,12-15H,10-11H2,1-5H3/t14?,15-/m0/s1. The number of aromatic nitrogens is 3. The van der Waals surface area contributed by atoms with Crippen molar-refractivity contribution in [2.75, 3.05) is 18.0 Å². The van der Waals surface area contributed by atoms with Gasteiger partial charge in [0.1, 0.15) is 17.7 Å². The molecule has 0 bridgehead atoms. The SMILES string of the molecule is CC1CN(C(=O)OC(C)(C)C)[C@@H](C)CN1c1ncnc2c1c(I)cn2-c1cccc(Cl)c1. The van der Waals surface area contributed by atoms with E-state index in [9.17, 15) is 4.79 Å². The first-order valence-corrected chi connectivity index (χ1v) is 12.0. The molecular weight excluding hydrogens is 541 g/mol. The van der Waals surface area contributed by atoms with Crippen molar-refractivity contribution in [1.82, 2.24) is 19.4 Å². The Labute approximate surface area is 206 Å². The van der Waals surface area contributed by atoms with Gasteiger partial charge in [0.15, 0.2) is 5.65 Å². The van der Waals surface area contributed by atoms with Gasteiger partial charge in [-0.3, -0.25) is 0 Å². The average molecular weight is 568 g/mol. The highest BCUT2D eigenvalue weighted by molar-refractivity contribution is 14.1. The van der Waals surface area contributed by atoms with Crippen molar-refractivity contribution < 1.29 is 9.53 Å². The van der Waals surface area contributed by atoms with Gasteiger partial charge in [-0.2, -0.15) is 0 Å². The number of halogens is 2. The summed E-state index contributed by atoms with van der Waals surface area (Å²) in [6, 6.07) is 7.77. The van der Waals surface area contributed by atoms with Crippen molar-refractivity contribution in [3.63, 3.8) is 0 Å². The molecule has 1 fully saturated rings. The van der Waals surface area contributed by atoms with Gasteiger partial charge in [-0.1, -0.05) is 17.7 Å². The van der Waals surface area contributed by atoms with Crippen LogP contribution >= 0.6 is 34.2 Å². The fourth-order valence-electron chi connectivity index (χ4n) is 4.04. The van der Waals surface area contributed by atoms with E-state index in [1.165, 1.54) is 0 Å². The van der Waals surface area contributed by atoms with E-state index in [2.05, 4.69) is 50.6 Å². The second kappa shape index (κ2) is 8.70. The number of anilines is 1. The summed E-state index contributed by atoms with van der Waals surface area (Å²) in [5.41, 5.74) is 1.26. The Morgan fingerprint density at radius 3 is 2.62 bits per heavy atom. The lowest BCUT2D eigenvalue weighted by molar-refractivity contribution is 0.0130. The van der Waals surface area contributed by atoms with Crippen molar-refractivity contribution in [3.05, 3.63) is 45.4 Å². The van der Waals surface area contributed by atoms with Crippen LogP contribution < -0.4 is 4.90 Å². The highest BCUT2D eigenvalue weighted by Gasteiger charge is 2.36. The molecule has 1 aromatic carbocycles. The van der Waals surface area contributed by atoms with E-state index >= 15 is 0 Å². The molecule has 0 N–H and O–H groups in total. The number of carbonyl (C=O) groups excluding carboxylic acids is 1. The summed E-state index contributed by atoms with van der Waals surface area (Å²) in [4.78, 5) is 26.0. The van der Waals surface area contributed by atoms with E-state index in [1.807, 2.05) is 61.4 Å². The van der Waals surface area contributed by atoms with E-state index < -0.39 is 5.60 Å². The highest BCUT2D eigenvalue weighted by atomic mass is 127. The molecule has 1 aliphatic rings. The molecule has 0 radical (unpaired) electrons. The van der Waals surface area contributed by atoms with Gasteiger partial charge in [-0.05, 0) is 75.4 Å². The van der Waals surface area contributed by atoms with Crippen molar-refractivity contribution in [3.8, 4) is 5.69 Å². The minimum Gasteiger partial charge on any atom is -0.444 e. The third kappa shape index (κ3) is 4.52. The number of carbonyl (C=O) groups is 1. The van der Waals surface area contributed by atoms with Crippen LogP contribution in [0.15, 0.2) is 36.8 Å². The molecule has 0 spiro atoms. The number of ether oxygens (including phenoxy) is 1. The molecule has 1 amide bonds. The van der Waals surface area contributed by atoms with Crippen LogP contribution in [0.3, 0.4) is 0 Å². The summed E-state index contributed by atoms with van der Waals surface area (Å²) in [5, 5.41) is 1.67. The monoisotopic (exact) mass is 567 g/mol. The Morgan fingerprint density at radius 2 is 1.94 bits per heavy atom. The fraction of sp³-hybridized carbons (Fsp3) is 0.435. The van der Waals surface area contributed by atoms with Crippen molar-refractivity contribution in [1.29, 1.82) is 0 Å². The minimum atomic E-state index is -0.518. The largest absolute Gasteiger partial charge is 0.444 e. The Balaban J connectivity index is 1.68. The predicted molar refractivity (Wildman–Crippen MR) is 136 cm³/mol. The Morgan fingerprint density at radius 1 is 1.19 bits per heavy atom. The molecule has 1 saturated heterocycles. The molecule has 4 rings (SSSR count). The molecular formula is C23H27ClIN5O2. The molecule has 170 valence electrons. The zero-order valence-electron chi connectivity index (χ0n) is 18.8. The van der Waals surface area contributed by atoms with Crippen LogP contribution in [0.1, 0.15) is 34.6 Å². The molecule has 0 saturated carbocycles. The maximum Gasteiger partial charge on any atom is 0.410 e. The van der Waals surface area contributed by atoms with Crippen molar-refractivity contribution >= 4 is 57.1 Å². The minimum absolute atomic E-state index is 0.0151. The van der Waals surface area contributed by atoms with E-state index in [0.29, 0.717) is 18.1 Å². The van der Waals surface area contributed by atoms with Gasteiger partial charge >= 0.3 is 6.09 Å². The van der Waals surface area contributed by atoms with Gasteiger partial charge < -0.3 is 19.1 Å². The number of rotatable bonds is 2. The fourth-order valence-corrected chi connectivity index (χ4v) is 4.99. The van der Waals surface area contributed by atoms with Crippen LogP contribution in [0.2, 0.25) is 5.02 Å². The average Bonchev–Trinajstić information content (AvgIpc) is 3.05. The number of fused-ring (bicyclic) bond motifs is 1. The number of hydrogen-bond donors (Lipinski definition) is 0. The van der Waals surface area contributed by atoms with Crippen LogP contribution in [0.4, 0.5) is 10.6 Å². The molecule has 9 heteroatoms. The van der Waals surface area contributed by atoms with Crippen LogP contribution in [-0.2, 0) is 4.74 Å².